The van der Waals surface area contributed by atoms with E-state index >= 15 is 0 Å². The van der Waals surface area contributed by atoms with E-state index in [-0.39, 0.29) is 11.6 Å². The molecule has 1 aromatic heterocycles. The molecule has 1 aromatic rings. The van der Waals surface area contributed by atoms with Crippen molar-refractivity contribution in [2.75, 3.05) is 13.1 Å². The lowest BCUT2D eigenvalue weighted by atomic mass is 10.2. The van der Waals surface area contributed by atoms with Crippen LogP contribution in [0.25, 0.3) is 0 Å². The van der Waals surface area contributed by atoms with Crippen LogP contribution in [0.15, 0.2) is 6.20 Å². The average Bonchev–Trinajstić information content (AvgIpc) is 2.70. The first-order valence-corrected chi connectivity index (χ1v) is 5.72. The lowest BCUT2D eigenvalue weighted by Gasteiger charge is -2.02. The zero-order chi connectivity index (χ0) is 13.5. The minimum Gasteiger partial charge on any atom is -0.358 e. The Balaban J connectivity index is 2.49. The van der Waals surface area contributed by atoms with E-state index in [2.05, 4.69) is 10.3 Å². The average molecular weight is 255 g/mol. The van der Waals surface area contributed by atoms with Crippen molar-refractivity contribution in [3.63, 3.8) is 0 Å². The molecule has 0 unspecified atom stereocenters. The Kier molecular flexibility index (Phi) is 5.25. The molecule has 3 N–H and O–H groups in total. The summed E-state index contributed by atoms with van der Waals surface area (Å²) in [4.78, 5) is 25.4. The molecule has 1 rings (SSSR count). The van der Waals surface area contributed by atoms with Crippen LogP contribution in [0.5, 0.6) is 0 Å². The molecule has 1 heterocycles. The van der Waals surface area contributed by atoms with Gasteiger partial charge in [0.1, 0.15) is 6.20 Å². The standard InChI is InChI=1S/C10H17N5O3/c1-14-8(15(17)18)7-13-9(14)10(16)12-6-4-2-3-5-11/h7H,2-6,11H2,1H3,(H,12,16). The van der Waals surface area contributed by atoms with Gasteiger partial charge in [-0.15, -0.1) is 0 Å². The number of rotatable bonds is 7. The molecule has 0 spiro atoms. The molecular weight excluding hydrogens is 238 g/mol. The van der Waals surface area contributed by atoms with Gasteiger partial charge in [0.15, 0.2) is 0 Å². The maximum Gasteiger partial charge on any atom is 0.343 e. The number of nitrogens with one attached hydrogen (secondary N) is 1. The molecule has 0 aliphatic rings. The van der Waals surface area contributed by atoms with Crippen LogP contribution in [-0.2, 0) is 7.05 Å². The first-order chi connectivity index (χ1) is 8.57. The van der Waals surface area contributed by atoms with Crippen molar-refractivity contribution in [3.05, 3.63) is 22.1 Å². The SMILES string of the molecule is Cn1c([N+](=O)[O-])cnc1C(=O)NCCCCCN. The summed E-state index contributed by atoms with van der Waals surface area (Å²) in [5.41, 5.74) is 5.35. The number of carbonyl (C=O) groups excluding carboxylic acids is 1. The first-order valence-electron chi connectivity index (χ1n) is 5.72. The second-order valence-corrected chi connectivity index (χ2v) is 3.86. The summed E-state index contributed by atoms with van der Waals surface area (Å²) in [7, 11) is 1.44. The predicted molar refractivity (Wildman–Crippen MR) is 65.1 cm³/mol. The number of unbranched alkanes of at least 4 members (excludes halogenated alkanes) is 2. The molecule has 18 heavy (non-hydrogen) atoms. The molecule has 8 heteroatoms. The first kappa shape index (κ1) is 14.1. The second kappa shape index (κ2) is 6.70. The molecule has 1 amide bonds. The third-order valence-corrected chi connectivity index (χ3v) is 2.52. The summed E-state index contributed by atoms with van der Waals surface area (Å²) >= 11 is 0. The molecular formula is C10H17N5O3. The van der Waals surface area contributed by atoms with Gasteiger partial charge < -0.3 is 21.2 Å². The summed E-state index contributed by atoms with van der Waals surface area (Å²) in [6.07, 6.45) is 3.76. The molecule has 0 radical (unpaired) electrons. The Hall–Kier alpha value is -1.96. The molecule has 0 fully saturated rings. The monoisotopic (exact) mass is 255 g/mol. The fraction of sp³-hybridized carbons (Fsp3) is 0.600. The normalized spacial score (nSPS) is 10.3. The van der Waals surface area contributed by atoms with Crippen LogP contribution in [0.2, 0.25) is 0 Å². The third-order valence-electron chi connectivity index (χ3n) is 2.52. The molecule has 0 atom stereocenters. The molecule has 8 nitrogen and oxygen atoms in total. The van der Waals surface area contributed by atoms with E-state index < -0.39 is 10.8 Å². The van der Waals surface area contributed by atoms with E-state index in [0.717, 1.165) is 30.0 Å². The van der Waals surface area contributed by atoms with E-state index in [1.54, 1.807) is 0 Å². The van der Waals surface area contributed by atoms with Gasteiger partial charge in [-0.3, -0.25) is 4.79 Å². The summed E-state index contributed by atoms with van der Waals surface area (Å²) in [5, 5.41) is 13.3. The Morgan fingerprint density at radius 1 is 1.56 bits per heavy atom. The van der Waals surface area contributed by atoms with Gasteiger partial charge in [-0.1, -0.05) is 6.42 Å². The number of hydrogen-bond acceptors (Lipinski definition) is 5. The summed E-state index contributed by atoms with van der Waals surface area (Å²) in [6, 6.07) is 0. The largest absolute Gasteiger partial charge is 0.358 e. The van der Waals surface area contributed by atoms with Crippen molar-refractivity contribution in [1.29, 1.82) is 0 Å². The quantitative estimate of drug-likeness (QED) is 0.410. The van der Waals surface area contributed by atoms with Crippen LogP contribution in [0.4, 0.5) is 5.82 Å². The Morgan fingerprint density at radius 2 is 2.28 bits per heavy atom. The molecule has 100 valence electrons. The lowest BCUT2D eigenvalue weighted by molar-refractivity contribution is -0.391. The van der Waals surface area contributed by atoms with E-state index in [9.17, 15) is 14.9 Å². The second-order valence-electron chi connectivity index (χ2n) is 3.86. The van der Waals surface area contributed by atoms with Gasteiger partial charge in [-0.25, -0.2) is 9.55 Å². The predicted octanol–water partition coefficient (Wildman–Crippen LogP) is 0.187. The Bertz CT molecular complexity index is 429. The highest BCUT2D eigenvalue weighted by atomic mass is 16.6. The van der Waals surface area contributed by atoms with Crippen molar-refractivity contribution in [3.8, 4) is 0 Å². The maximum absolute atomic E-state index is 11.7. The number of hydrogen-bond donors (Lipinski definition) is 2. The number of aromatic nitrogens is 2. The number of nitrogens with zero attached hydrogens (tertiary/aromatic N) is 3. The Labute approximate surface area is 104 Å². The van der Waals surface area contributed by atoms with E-state index in [0.29, 0.717) is 13.1 Å². The van der Waals surface area contributed by atoms with Crippen LogP contribution in [-0.4, -0.2) is 33.5 Å². The van der Waals surface area contributed by atoms with Crippen LogP contribution in [0.3, 0.4) is 0 Å². The van der Waals surface area contributed by atoms with Gasteiger partial charge in [0.05, 0.1) is 7.05 Å². The van der Waals surface area contributed by atoms with Crippen molar-refractivity contribution in [1.82, 2.24) is 14.9 Å². The van der Waals surface area contributed by atoms with Gasteiger partial charge in [-0.2, -0.15) is 0 Å². The number of nitrogens with two attached hydrogens (primary N) is 1. The minimum absolute atomic E-state index is 0.0422. The number of imidazole rings is 1. The third kappa shape index (κ3) is 3.52. The van der Waals surface area contributed by atoms with Gasteiger partial charge in [-0.05, 0) is 24.3 Å². The van der Waals surface area contributed by atoms with Crippen LogP contribution < -0.4 is 11.1 Å². The van der Waals surface area contributed by atoms with Crippen LogP contribution >= 0.6 is 0 Å². The fourth-order valence-corrected chi connectivity index (χ4v) is 1.51. The van der Waals surface area contributed by atoms with Crippen molar-refractivity contribution in [2.24, 2.45) is 12.8 Å². The molecule has 0 saturated carbocycles. The molecule has 0 aromatic carbocycles. The zero-order valence-electron chi connectivity index (χ0n) is 10.3. The van der Waals surface area contributed by atoms with Gasteiger partial charge >= 0.3 is 11.7 Å². The lowest BCUT2D eigenvalue weighted by Crippen LogP contribution is -2.27. The molecule has 0 saturated heterocycles. The summed E-state index contributed by atoms with van der Waals surface area (Å²) in [6.45, 7) is 1.15. The van der Waals surface area contributed by atoms with E-state index in [1.807, 2.05) is 0 Å². The minimum atomic E-state index is -0.578. The number of nitro groups is 1. The molecule has 0 aliphatic carbocycles. The van der Waals surface area contributed by atoms with Crippen LogP contribution in [0, 0.1) is 10.1 Å². The number of carbonyl (C=O) groups is 1. The highest BCUT2D eigenvalue weighted by Gasteiger charge is 2.21. The van der Waals surface area contributed by atoms with Crippen molar-refractivity contribution in [2.45, 2.75) is 19.3 Å². The summed E-state index contributed by atoms with van der Waals surface area (Å²) in [5.74, 6) is -0.567. The zero-order valence-corrected chi connectivity index (χ0v) is 10.3. The fourth-order valence-electron chi connectivity index (χ4n) is 1.51. The highest BCUT2D eigenvalue weighted by molar-refractivity contribution is 5.91. The van der Waals surface area contributed by atoms with Gasteiger partial charge in [0, 0.05) is 6.54 Å². The summed E-state index contributed by atoms with van der Waals surface area (Å²) < 4.78 is 1.16. The van der Waals surface area contributed by atoms with Crippen LogP contribution in [0.1, 0.15) is 29.9 Å². The van der Waals surface area contributed by atoms with Crippen molar-refractivity contribution >= 4 is 11.7 Å². The van der Waals surface area contributed by atoms with Crippen molar-refractivity contribution < 1.29 is 9.72 Å². The topological polar surface area (TPSA) is 116 Å². The van der Waals surface area contributed by atoms with E-state index in [4.69, 9.17) is 5.73 Å². The Morgan fingerprint density at radius 3 is 2.83 bits per heavy atom. The number of amides is 1. The highest BCUT2D eigenvalue weighted by Crippen LogP contribution is 2.11. The molecule has 0 aliphatic heterocycles. The molecule has 0 bridgehead atoms. The van der Waals surface area contributed by atoms with Gasteiger partial charge in [0.25, 0.3) is 5.82 Å². The maximum atomic E-state index is 11.7. The smallest absolute Gasteiger partial charge is 0.343 e. The van der Waals surface area contributed by atoms with E-state index in [1.165, 1.54) is 7.05 Å². The van der Waals surface area contributed by atoms with Gasteiger partial charge in [0.2, 0.25) is 0 Å².